The molecule has 0 radical (unpaired) electrons. The van der Waals surface area contributed by atoms with E-state index in [9.17, 15) is 4.39 Å². The molecule has 1 saturated carbocycles. The molecule has 0 atom stereocenters. The Morgan fingerprint density at radius 1 is 1.34 bits per heavy atom. The molecule has 5 nitrogen and oxygen atoms in total. The summed E-state index contributed by atoms with van der Waals surface area (Å²) in [6.07, 6.45) is 4.33. The molecule has 29 heavy (non-hydrogen) atoms. The summed E-state index contributed by atoms with van der Waals surface area (Å²) in [5, 5.41) is 3.38. The van der Waals surface area contributed by atoms with Gasteiger partial charge in [0.05, 0.1) is 13.2 Å². The minimum Gasteiger partial charge on any atom is -0.381 e. The fraction of sp³-hybridized carbons (Fsp3) is 0.682. The van der Waals surface area contributed by atoms with E-state index in [-0.39, 0.29) is 35.2 Å². The molecule has 0 aromatic heterocycles. The smallest absolute Gasteiger partial charge is 0.193 e. The zero-order valence-corrected chi connectivity index (χ0v) is 20.0. The van der Waals surface area contributed by atoms with Gasteiger partial charge in [0.25, 0.3) is 0 Å². The van der Waals surface area contributed by atoms with Crippen molar-refractivity contribution in [1.82, 2.24) is 10.2 Å². The largest absolute Gasteiger partial charge is 0.381 e. The summed E-state index contributed by atoms with van der Waals surface area (Å²) in [7, 11) is 2.04. The first-order valence-corrected chi connectivity index (χ1v) is 10.5. The van der Waals surface area contributed by atoms with Crippen molar-refractivity contribution in [1.29, 1.82) is 0 Å². The molecule has 0 amide bonds. The van der Waals surface area contributed by atoms with E-state index < -0.39 is 0 Å². The Balaban J connectivity index is 0.00000300. The molecule has 1 aromatic rings. The Bertz CT molecular complexity index is 649. The fourth-order valence-corrected chi connectivity index (χ4v) is 3.66. The number of hydrogen-bond acceptors (Lipinski definition) is 3. The van der Waals surface area contributed by atoms with Gasteiger partial charge in [0.2, 0.25) is 0 Å². The molecule has 7 heteroatoms. The lowest BCUT2D eigenvalue weighted by molar-refractivity contribution is 0.0529. The van der Waals surface area contributed by atoms with Gasteiger partial charge < -0.3 is 19.7 Å². The summed E-state index contributed by atoms with van der Waals surface area (Å²) in [6.45, 7) is 7.27. The number of hydrogen-bond donors (Lipinski definition) is 1. The highest BCUT2D eigenvalue weighted by molar-refractivity contribution is 14.0. The van der Waals surface area contributed by atoms with Gasteiger partial charge in [0.1, 0.15) is 5.82 Å². The maximum Gasteiger partial charge on any atom is 0.193 e. The lowest BCUT2D eigenvalue weighted by atomic mass is 9.74. The Kier molecular flexibility index (Phi) is 10.1. The topological polar surface area (TPSA) is 46.1 Å². The molecular weight excluding hydrogens is 484 g/mol. The van der Waals surface area contributed by atoms with Crippen LogP contribution in [0.1, 0.15) is 38.2 Å². The summed E-state index contributed by atoms with van der Waals surface area (Å²) >= 11 is 0. The number of ether oxygens (including phenoxy) is 2. The minimum atomic E-state index is -0.191. The van der Waals surface area contributed by atoms with Crippen molar-refractivity contribution in [3.63, 3.8) is 0 Å². The molecule has 1 aliphatic heterocycles. The predicted molar refractivity (Wildman–Crippen MR) is 126 cm³/mol. The number of nitrogens with one attached hydrogen (secondary N) is 1. The zero-order chi connectivity index (χ0) is 19.8. The first-order valence-electron chi connectivity index (χ1n) is 10.5. The molecule has 3 rings (SSSR count). The van der Waals surface area contributed by atoms with Crippen molar-refractivity contribution < 1.29 is 13.9 Å². The summed E-state index contributed by atoms with van der Waals surface area (Å²) < 4.78 is 25.2. The van der Waals surface area contributed by atoms with E-state index in [0.717, 1.165) is 50.0 Å². The normalized spacial score (nSPS) is 18.8. The Morgan fingerprint density at radius 3 is 2.76 bits per heavy atom. The molecule has 1 saturated heterocycles. The van der Waals surface area contributed by atoms with Crippen molar-refractivity contribution in [2.75, 3.05) is 53.1 Å². The molecular formula is C22H35FIN3O2. The maximum absolute atomic E-state index is 13.9. The lowest BCUT2D eigenvalue weighted by Gasteiger charge is -2.37. The standard InChI is InChI=1S/C22H34FN3O2.HI/c1-3-24-21(26(2)11-14-28-16-18-7-8-18)25-17-22(9-12-27-13-10-22)19-5-4-6-20(23)15-19;/h4-6,15,18H,3,7-14,16-17H2,1-2H3,(H,24,25);1H. The zero-order valence-electron chi connectivity index (χ0n) is 17.7. The molecule has 2 fully saturated rings. The third-order valence-corrected chi connectivity index (χ3v) is 5.74. The third-order valence-electron chi connectivity index (χ3n) is 5.74. The second-order valence-electron chi connectivity index (χ2n) is 8.01. The predicted octanol–water partition coefficient (Wildman–Crippen LogP) is 3.82. The van der Waals surface area contributed by atoms with Gasteiger partial charge in [-0.15, -0.1) is 24.0 Å². The highest BCUT2D eigenvalue weighted by Crippen LogP contribution is 2.35. The first kappa shape index (κ1) is 24.3. The molecule has 0 spiro atoms. The molecule has 1 aromatic carbocycles. The van der Waals surface area contributed by atoms with Gasteiger partial charge in [-0.3, -0.25) is 4.99 Å². The van der Waals surface area contributed by atoms with Crippen LogP contribution in [0.3, 0.4) is 0 Å². The van der Waals surface area contributed by atoms with Crippen LogP contribution in [0, 0.1) is 11.7 Å². The van der Waals surface area contributed by atoms with E-state index in [2.05, 4.69) is 17.1 Å². The van der Waals surface area contributed by atoms with Crippen LogP contribution >= 0.6 is 24.0 Å². The maximum atomic E-state index is 13.9. The van der Waals surface area contributed by atoms with Gasteiger partial charge in [0.15, 0.2) is 5.96 Å². The van der Waals surface area contributed by atoms with E-state index in [1.165, 1.54) is 18.9 Å². The second-order valence-corrected chi connectivity index (χ2v) is 8.01. The SMILES string of the molecule is CCNC(=NCC1(c2cccc(F)c2)CCOCC1)N(C)CCOCC1CC1.I. The summed E-state index contributed by atoms with van der Waals surface area (Å²) in [6, 6.07) is 6.97. The van der Waals surface area contributed by atoms with Crippen LogP contribution in [0.25, 0.3) is 0 Å². The van der Waals surface area contributed by atoms with Crippen molar-refractivity contribution >= 4 is 29.9 Å². The highest BCUT2D eigenvalue weighted by Gasteiger charge is 2.35. The number of likely N-dealkylation sites (N-methyl/N-ethyl adjacent to an activating group) is 1. The van der Waals surface area contributed by atoms with Crippen molar-refractivity contribution in [3.8, 4) is 0 Å². The summed E-state index contributed by atoms with van der Waals surface area (Å²) in [5.41, 5.74) is 0.843. The lowest BCUT2D eigenvalue weighted by Crippen LogP contribution is -2.43. The van der Waals surface area contributed by atoms with Crippen LogP contribution in [0.4, 0.5) is 4.39 Å². The Morgan fingerprint density at radius 2 is 2.10 bits per heavy atom. The molecule has 0 unspecified atom stereocenters. The molecule has 164 valence electrons. The second kappa shape index (κ2) is 12.1. The van der Waals surface area contributed by atoms with Crippen molar-refractivity contribution in [2.24, 2.45) is 10.9 Å². The third kappa shape index (κ3) is 7.36. The van der Waals surface area contributed by atoms with Crippen LogP contribution in [-0.4, -0.2) is 64.0 Å². The van der Waals surface area contributed by atoms with Gasteiger partial charge in [0, 0.05) is 45.4 Å². The van der Waals surface area contributed by atoms with E-state index in [0.29, 0.717) is 26.4 Å². The van der Waals surface area contributed by atoms with E-state index in [1.54, 1.807) is 12.1 Å². The van der Waals surface area contributed by atoms with Crippen LogP contribution in [-0.2, 0) is 14.9 Å². The highest BCUT2D eigenvalue weighted by atomic mass is 127. The quantitative estimate of drug-likeness (QED) is 0.233. The van der Waals surface area contributed by atoms with Gasteiger partial charge in [-0.05, 0) is 56.2 Å². The average Bonchev–Trinajstić information content (AvgIpc) is 3.53. The number of benzene rings is 1. The summed E-state index contributed by atoms with van der Waals surface area (Å²) in [5.74, 6) is 1.47. The van der Waals surface area contributed by atoms with Crippen LogP contribution < -0.4 is 5.32 Å². The van der Waals surface area contributed by atoms with E-state index in [1.807, 2.05) is 13.1 Å². The van der Waals surface area contributed by atoms with Crippen molar-refractivity contribution in [2.45, 2.75) is 38.0 Å². The monoisotopic (exact) mass is 519 g/mol. The number of nitrogens with zero attached hydrogens (tertiary/aromatic N) is 2. The van der Waals surface area contributed by atoms with Gasteiger partial charge in [-0.1, -0.05) is 12.1 Å². The van der Waals surface area contributed by atoms with Crippen LogP contribution in [0.2, 0.25) is 0 Å². The van der Waals surface area contributed by atoms with Gasteiger partial charge in [-0.2, -0.15) is 0 Å². The number of guanidine groups is 1. The van der Waals surface area contributed by atoms with E-state index >= 15 is 0 Å². The number of halogens is 2. The Hall–Kier alpha value is -0.930. The molecule has 1 N–H and O–H groups in total. The minimum absolute atomic E-state index is 0. The molecule has 0 bridgehead atoms. The average molecular weight is 519 g/mol. The van der Waals surface area contributed by atoms with Gasteiger partial charge in [-0.25, -0.2) is 4.39 Å². The molecule has 1 heterocycles. The van der Waals surface area contributed by atoms with Crippen LogP contribution in [0.15, 0.2) is 29.3 Å². The number of aliphatic imine (C=N–C) groups is 1. The van der Waals surface area contributed by atoms with Gasteiger partial charge >= 0.3 is 0 Å². The summed E-state index contributed by atoms with van der Waals surface area (Å²) in [4.78, 5) is 7.06. The molecule has 2 aliphatic rings. The fourth-order valence-electron chi connectivity index (χ4n) is 3.66. The number of rotatable bonds is 9. The first-order chi connectivity index (χ1) is 13.6. The van der Waals surface area contributed by atoms with E-state index in [4.69, 9.17) is 14.5 Å². The van der Waals surface area contributed by atoms with Crippen LogP contribution in [0.5, 0.6) is 0 Å². The Labute approximate surface area is 191 Å². The van der Waals surface area contributed by atoms with Crippen molar-refractivity contribution in [3.05, 3.63) is 35.6 Å². The molecule has 1 aliphatic carbocycles.